The molecule has 0 N–H and O–H groups in total. The number of ether oxygens (including phenoxy) is 2. The van der Waals surface area contributed by atoms with E-state index in [0.717, 1.165) is 11.1 Å². The third-order valence-corrected chi connectivity index (χ3v) is 3.16. The van der Waals surface area contributed by atoms with E-state index < -0.39 is 0 Å². The van der Waals surface area contributed by atoms with E-state index in [0.29, 0.717) is 35.8 Å². The molecule has 0 aromatic heterocycles. The van der Waals surface area contributed by atoms with Gasteiger partial charge >= 0.3 is 0 Å². The highest BCUT2D eigenvalue weighted by atomic mass is 19.1. The fourth-order valence-electron chi connectivity index (χ4n) is 2.12. The molecule has 0 aliphatic heterocycles. The lowest BCUT2D eigenvalue weighted by Gasteiger charge is -2.14. The van der Waals surface area contributed by atoms with Crippen LogP contribution >= 0.6 is 0 Å². The predicted octanol–water partition coefficient (Wildman–Crippen LogP) is 4.70. The van der Waals surface area contributed by atoms with Crippen LogP contribution in [0.25, 0.3) is 11.6 Å². The van der Waals surface area contributed by atoms with Crippen LogP contribution in [0.2, 0.25) is 0 Å². The van der Waals surface area contributed by atoms with Crippen molar-refractivity contribution in [3.63, 3.8) is 0 Å². The van der Waals surface area contributed by atoms with E-state index >= 15 is 0 Å². The van der Waals surface area contributed by atoms with Crippen molar-refractivity contribution >= 4 is 11.6 Å². The van der Waals surface area contributed by atoms with Gasteiger partial charge in [0.05, 0.1) is 18.8 Å². The van der Waals surface area contributed by atoms with Gasteiger partial charge in [-0.15, -0.1) is 0 Å². The molecule has 1 aliphatic rings. The fraction of sp³-hybridized carbons (Fsp3) is 0.278. The monoisotopic (exact) mass is 287 g/mol. The average molecular weight is 287 g/mol. The summed E-state index contributed by atoms with van der Waals surface area (Å²) in [6, 6.07) is 1.87. The highest BCUT2D eigenvalue weighted by molar-refractivity contribution is 5.91. The van der Waals surface area contributed by atoms with Crippen molar-refractivity contribution in [2.45, 2.75) is 20.8 Å². The maximum atomic E-state index is 14.8. The van der Waals surface area contributed by atoms with Crippen LogP contribution in [-0.2, 0) is 4.74 Å². The maximum Gasteiger partial charge on any atom is 0.141 e. The first kappa shape index (κ1) is 15.4. The van der Waals surface area contributed by atoms with Gasteiger partial charge in [0.15, 0.2) is 0 Å². The molecule has 0 saturated carbocycles. The van der Waals surface area contributed by atoms with Gasteiger partial charge < -0.3 is 9.47 Å². The number of allylic oxidation sites excluding steroid dienone is 3. The summed E-state index contributed by atoms with van der Waals surface area (Å²) in [6.07, 6.45) is 7.14. The Morgan fingerprint density at radius 1 is 1.33 bits per heavy atom. The van der Waals surface area contributed by atoms with Crippen LogP contribution in [0.3, 0.4) is 0 Å². The average Bonchev–Trinajstić information content (AvgIpc) is 3.23. The number of benzene rings is 1. The molecule has 0 heterocycles. The summed E-state index contributed by atoms with van der Waals surface area (Å²) in [5.41, 5.74) is 2.77. The lowest BCUT2D eigenvalue weighted by Crippen LogP contribution is -2.01. The zero-order valence-corrected chi connectivity index (χ0v) is 12.7. The summed E-state index contributed by atoms with van der Waals surface area (Å²) in [5, 5.41) is 0. The lowest BCUT2D eigenvalue weighted by molar-refractivity contribution is 0.244. The number of halogens is 1. The van der Waals surface area contributed by atoms with Crippen LogP contribution in [0.1, 0.15) is 30.5 Å². The highest BCUT2D eigenvalue weighted by Crippen LogP contribution is 2.40. The molecule has 111 valence electrons. The van der Waals surface area contributed by atoms with Crippen molar-refractivity contribution in [1.29, 1.82) is 0 Å². The zero-order chi connectivity index (χ0) is 15.4. The van der Waals surface area contributed by atoms with Crippen LogP contribution in [0.4, 0.5) is 4.39 Å². The van der Waals surface area contributed by atoms with Crippen LogP contribution in [-0.4, -0.2) is 13.2 Å². The van der Waals surface area contributed by atoms with E-state index in [1.54, 1.807) is 12.2 Å². The second-order valence-electron chi connectivity index (χ2n) is 4.75. The molecular formula is C18H20FO2. The standard InChI is InChI=1S/C18H20FO2/c1-5-20-13(4)7-10-15-12(3)11-16(21-6-2)17(18(15)19)14-8-9-14/h7-11H,4-6H2,1-3H3/b10-7+. The smallest absolute Gasteiger partial charge is 0.141 e. The maximum absolute atomic E-state index is 14.8. The van der Waals surface area contributed by atoms with Crippen LogP contribution in [0, 0.1) is 19.2 Å². The minimum Gasteiger partial charge on any atom is -0.495 e. The van der Waals surface area contributed by atoms with Gasteiger partial charge in [0, 0.05) is 12.0 Å². The van der Waals surface area contributed by atoms with Gasteiger partial charge in [0.1, 0.15) is 17.3 Å². The van der Waals surface area contributed by atoms with Crippen molar-refractivity contribution in [3.05, 3.63) is 59.5 Å². The normalized spacial score (nSPS) is 13.2. The van der Waals surface area contributed by atoms with Crippen molar-refractivity contribution in [3.8, 4) is 5.75 Å². The Bertz CT molecular complexity index is 612. The zero-order valence-electron chi connectivity index (χ0n) is 12.7. The number of hydrogen-bond acceptors (Lipinski definition) is 2. The summed E-state index contributed by atoms with van der Waals surface area (Å²) < 4.78 is 25.6. The van der Waals surface area contributed by atoms with Gasteiger partial charge in [-0.05, 0) is 50.1 Å². The molecule has 0 fully saturated rings. The number of aryl methyl sites for hydroxylation is 1. The molecular weight excluding hydrogens is 267 g/mol. The Morgan fingerprint density at radius 3 is 2.62 bits per heavy atom. The highest BCUT2D eigenvalue weighted by Gasteiger charge is 2.23. The van der Waals surface area contributed by atoms with E-state index in [1.165, 1.54) is 0 Å². The van der Waals surface area contributed by atoms with Gasteiger partial charge in [-0.2, -0.15) is 0 Å². The van der Waals surface area contributed by atoms with Crippen molar-refractivity contribution in [2.75, 3.05) is 13.2 Å². The van der Waals surface area contributed by atoms with Gasteiger partial charge in [-0.3, -0.25) is 0 Å². The molecule has 0 saturated heterocycles. The largest absolute Gasteiger partial charge is 0.495 e. The van der Waals surface area contributed by atoms with E-state index in [9.17, 15) is 4.39 Å². The third-order valence-electron chi connectivity index (χ3n) is 3.16. The van der Waals surface area contributed by atoms with Crippen molar-refractivity contribution in [2.24, 2.45) is 0 Å². The Hall–Kier alpha value is -2.03. The minimum absolute atomic E-state index is 0.265. The molecule has 2 nitrogen and oxygen atoms in total. The second kappa shape index (κ2) is 6.61. The van der Waals surface area contributed by atoms with Crippen LogP contribution in [0.15, 0.2) is 30.6 Å². The van der Waals surface area contributed by atoms with Crippen LogP contribution in [0.5, 0.6) is 5.75 Å². The molecule has 0 bridgehead atoms. The number of hydrogen-bond donors (Lipinski definition) is 0. The molecule has 21 heavy (non-hydrogen) atoms. The Balaban J connectivity index is 2.40. The number of rotatable bonds is 7. The summed E-state index contributed by atoms with van der Waals surface area (Å²) in [6.45, 7) is 10.5. The molecule has 0 atom stereocenters. The lowest BCUT2D eigenvalue weighted by atomic mass is 10.00. The van der Waals surface area contributed by atoms with Gasteiger partial charge in [0.25, 0.3) is 0 Å². The first-order valence-electron chi connectivity index (χ1n) is 7.09. The minimum atomic E-state index is -0.265. The molecule has 1 aliphatic carbocycles. The van der Waals surface area contributed by atoms with Gasteiger partial charge in [0.2, 0.25) is 0 Å². The second-order valence-corrected chi connectivity index (χ2v) is 4.75. The molecule has 1 aromatic carbocycles. The third kappa shape index (κ3) is 3.54. The predicted molar refractivity (Wildman–Crippen MR) is 84.4 cm³/mol. The first-order chi connectivity index (χ1) is 10.1. The van der Waals surface area contributed by atoms with E-state index in [-0.39, 0.29) is 5.82 Å². The van der Waals surface area contributed by atoms with Crippen molar-refractivity contribution < 1.29 is 13.9 Å². The summed E-state index contributed by atoms with van der Waals surface area (Å²) in [7, 11) is 0. The summed E-state index contributed by atoms with van der Waals surface area (Å²) >= 11 is 0. The van der Waals surface area contributed by atoms with Crippen molar-refractivity contribution in [1.82, 2.24) is 0 Å². The topological polar surface area (TPSA) is 18.5 Å². The molecule has 2 rings (SSSR count). The van der Waals surface area contributed by atoms with E-state index in [1.807, 2.05) is 39.3 Å². The summed E-state index contributed by atoms with van der Waals surface area (Å²) in [4.78, 5) is 0. The Morgan fingerprint density at radius 2 is 2.05 bits per heavy atom. The molecule has 1 radical (unpaired) electrons. The fourth-order valence-corrected chi connectivity index (χ4v) is 2.12. The molecule has 0 unspecified atom stereocenters. The van der Waals surface area contributed by atoms with Gasteiger partial charge in [-0.1, -0.05) is 12.7 Å². The molecule has 1 aromatic rings. The van der Waals surface area contributed by atoms with E-state index in [4.69, 9.17) is 9.47 Å². The Kier molecular flexibility index (Phi) is 4.84. The quantitative estimate of drug-likeness (QED) is 0.534. The molecule has 3 heteroatoms. The van der Waals surface area contributed by atoms with E-state index in [2.05, 4.69) is 6.58 Å². The van der Waals surface area contributed by atoms with Gasteiger partial charge in [-0.25, -0.2) is 4.39 Å². The first-order valence-corrected chi connectivity index (χ1v) is 7.09. The van der Waals surface area contributed by atoms with Crippen LogP contribution < -0.4 is 4.74 Å². The molecule has 0 spiro atoms. The summed E-state index contributed by atoms with van der Waals surface area (Å²) in [5.74, 6) is 0.844. The Labute approximate surface area is 125 Å². The SMILES string of the molecule is C=C(/C=C/c1c(C)cc(OCC)c(C2=C[CH]2)c1F)OCC. The molecule has 0 amide bonds.